The van der Waals surface area contributed by atoms with E-state index in [0.717, 1.165) is 19.5 Å². The Morgan fingerprint density at radius 3 is 2.16 bits per heavy atom. The van der Waals surface area contributed by atoms with Gasteiger partial charge >= 0.3 is 0 Å². The summed E-state index contributed by atoms with van der Waals surface area (Å²) in [6.07, 6.45) is 7.88. The molecule has 2 unspecified atom stereocenters. The number of aliphatic hydroxyl groups excluding tert-OH is 1. The lowest BCUT2D eigenvalue weighted by Crippen LogP contribution is -2.51. The van der Waals surface area contributed by atoms with Crippen LogP contribution in [0, 0.1) is 0 Å². The number of hydrogen-bond donors (Lipinski definition) is 6. The van der Waals surface area contributed by atoms with Crippen LogP contribution in [0.15, 0.2) is 46.1 Å². The number of anilines is 1. The molecule has 3 rings (SSSR count). The lowest BCUT2D eigenvalue weighted by Gasteiger charge is -2.35. The van der Waals surface area contributed by atoms with Crippen molar-refractivity contribution in [3.05, 3.63) is 36.2 Å². The van der Waals surface area contributed by atoms with Gasteiger partial charge in [-0.2, -0.15) is 0 Å². The highest BCUT2D eigenvalue weighted by Crippen LogP contribution is 2.17. The Morgan fingerprint density at radius 1 is 1.26 bits per heavy atom. The van der Waals surface area contributed by atoms with Gasteiger partial charge in [0.15, 0.2) is 9.84 Å². The molecular weight excluding hydrogens is 420 g/mol. The number of nitrogens with zero attached hydrogens (tertiary/aromatic N) is 1. The van der Waals surface area contributed by atoms with E-state index >= 15 is 0 Å². The highest BCUT2D eigenvalue weighted by Gasteiger charge is 2.24. The zero-order chi connectivity index (χ0) is 23.7. The molecular formula is C20H38N6O4S. The Labute approximate surface area is 185 Å². The van der Waals surface area contributed by atoms with E-state index in [2.05, 4.69) is 21.4 Å². The monoisotopic (exact) mass is 458 g/mol. The Balaban J connectivity index is 0.000000500. The van der Waals surface area contributed by atoms with Crippen molar-refractivity contribution in [1.29, 1.82) is 0 Å². The van der Waals surface area contributed by atoms with E-state index in [1.165, 1.54) is 51.0 Å². The fraction of sp³-hybridized carbons (Fsp3) is 0.550. The second-order valence-electron chi connectivity index (χ2n) is 6.75. The van der Waals surface area contributed by atoms with E-state index in [9.17, 15) is 8.42 Å². The molecule has 11 heteroatoms. The SMILES string of the molecule is C1CC2COCC(C1)N2.CN.CN=CN.CS(=O)(=O)c1ccc(N/C=C(\N)CO)cc1. The topological polar surface area (TPSA) is 178 Å². The molecule has 2 aliphatic heterocycles. The number of aliphatic hydroxyl groups is 1. The average Bonchev–Trinajstić information content (AvgIpc) is 2.79. The van der Waals surface area contributed by atoms with E-state index in [0.29, 0.717) is 23.5 Å². The highest BCUT2D eigenvalue weighted by molar-refractivity contribution is 7.90. The Morgan fingerprint density at radius 2 is 1.77 bits per heavy atom. The summed E-state index contributed by atoms with van der Waals surface area (Å²) in [7, 11) is -0.0384. The van der Waals surface area contributed by atoms with Crippen LogP contribution in [0.2, 0.25) is 0 Å². The molecule has 178 valence electrons. The molecule has 0 aromatic heterocycles. The van der Waals surface area contributed by atoms with E-state index in [4.69, 9.17) is 21.3 Å². The van der Waals surface area contributed by atoms with Crippen LogP contribution in [-0.2, 0) is 14.6 Å². The number of nitrogens with one attached hydrogen (secondary N) is 2. The number of fused-ring (bicyclic) bond motifs is 2. The standard InChI is InChI=1S/C10H14N2O3S.C7H13NO.C2H6N2.CH5N/c1-16(14,15)10-4-2-9(3-5-10)12-6-8(11)7-13;1-2-6-4-9-5-7(3-1)8-6;1-4-2-3;1-2/h2-6,12-13H,7,11H2,1H3;6-8H,1-5H2;2H,1H3,(H2,3,4);2H2,1H3/b8-6-;;;. The predicted octanol–water partition coefficient (Wildman–Crippen LogP) is -0.000200. The highest BCUT2D eigenvalue weighted by atomic mass is 32.2. The summed E-state index contributed by atoms with van der Waals surface area (Å²) in [6.45, 7) is 1.65. The van der Waals surface area contributed by atoms with Crippen molar-refractivity contribution in [2.24, 2.45) is 22.2 Å². The number of morpholine rings is 1. The van der Waals surface area contributed by atoms with Crippen molar-refractivity contribution >= 4 is 21.9 Å². The maximum Gasteiger partial charge on any atom is 0.175 e. The smallest absolute Gasteiger partial charge is 0.175 e. The van der Waals surface area contributed by atoms with Crippen LogP contribution in [0.5, 0.6) is 0 Å². The molecule has 0 spiro atoms. The van der Waals surface area contributed by atoms with Gasteiger partial charge in [-0.3, -0.25) is 4.99 Å². The van der Waals surface area contributed by atoms with Gasteiger partial charge in [-0.25, -0.2) is 8.42 Å². The number of aliphatic imine (C=N–C) groups is 1. The summed E-state index contributed by atoms with van der Waals surface area (Å²) in [5.41, 5.74) is 15.6. The minimum absolute atomic E-state index is 0.228. The van der Waals surface area contributed by atoms with Gasteiger partial charge < -0.3 is 37.7 Å². The first-order chi connectivity index (χ1) is 14.8. The second-order valence-corrected chi connectivity index (χ2v) is 8.77. The number of ether oxygens (including phenoxy) is 1. The molecule has 2 fully saturated rings. The zero-order valence-corrected chi connectivity index (χ0v) is 19.4. The first-order valence-corrected chi connectivity index (χ1v) is 11.8. The van der Waals surface area contributed by atoms with Crippen molar-refractivity contribution in [1.82, 2.24) is 5.32 Å². The minimum Gasteiger partial charge on any atom is -0.399 e. The van der Waals surface area contributed by atoms with Crippen LogP contribution in [0.3, 0.4) is 0 Å². The first-order valence-electron chi connectivity index (χ1n) is 9.96. The van der Waals surface area contributed by atoms with Crippen molar-refractivity contribution in [2.75, 3.05) is 45.5 Å². The molecule has 1 aromatic carbocycles. The van der Waals surface area contributed by atoms with E-state index in [1.54, 1.807) is 19.2 Å². The zero-order valence-electron chi connectivity index (χ0n) is 18.6. The van der Waals surface area contributed by atoms with Crippen LogP contribution in [0.1, 0.15) is 19.3 Å². The quantitative estimate of drug-likeness (QED) is 0.267. The molecule has 0 amide bonds. The molecule has 2 bridgehead atoms. The lowest BCUT2D eigenvalue weighted by molar-refractivity contribution is 0.0238. The van der Waals surface area contributed by atoms with E-state index in [-0.39, 0.29) is 11.5 Å². The molecule has 9 N–H and O–H groups in total. The normalized spacial score (nSPS) is 20.2. The van der Waals surface area contributed by atoms with Crippen molar-refractivity contribution < 1.29 is 18.3 Å². The van der Waals surface area contributed by atoms with Gasteiger partial charge in [0, 0.05) is 37.3 Å². The molecule has 0 saturated carbocycles. The molecule has 31 heavy (non-hydrogen) atoms. The molecule has 2 aliphatic rings. The van der Waals surface area contributed by atoms with Crippen molar-refractivity contribution in [3.8, 4) is 0 Å². The summed E-state index contributed by atoms with van der Waals surface area (Å²) in [5.74, 6) is 0. The molecule has 1 aromatic rings. The van der Waals surface area contributed by atoms with Crippen LogP contribution in [0.25, 0.3) is 0 Å². The molecule has 0 aliphatic carbocycles. The maximum absolute atomic E-state index is 11.2. The largest absolute Gasteiger partial charge is 0.399 e. The Hall–Kier alpha value is -2.18. The van der Waals surface area contributed by atoms with Gasteiger partial charge in [0.05, 0.1) is 36.8 Å². The minimum atomic E-state index is -3.16. The average molecular weight is 459 g/mol. The number of rotatable bonds is 4. The van der Waals surface area contributed by atoms with Crippen LogP contribution in [0.4, 0.5) is 5.69 Å². The molecule has 2 atom stereocenters. The van der Waals surface area contributed by atoms with Gasteiger partial charge in [0.1, 0.15) is 0 Å². The van der Waals surface area contributed by atoms with Gasteiger partial charge in [-0.1, -0.05) is 6.42 Å². The summed E-state index contributed by atoms with van der Waals surface area (Å²) in [6, 6.07) is 7.60. The number of benzene rings is 1. The summed E-state index contributed by atoms with van der Waals surface area (Å²) in [4.78, 5) is 3.65. The predicted molar refractivity (Wildman–Crippen MR) is 127 cm³/mol. The number of hydrogen-bond acceptors (Lipinski definition) is 9. The molecule has 0 radical (unpaired) electrons. The lowest BCUT2D eigenvalue weighted by atomic mass is 9.98. The van der Waals surface area contributed by atoms with Gasteiger partial charge in [0.2, 0.25) is 0 Å². The summed E-state index contributed by atoms with van der Waals surface area (Å²) < 4.78 is 27.7. The Kier molecular flexibility index (Phi) is 15.3. The molecule has 10 nitrogen and oxygen atoms in total. The molecule has 2 heterocycles. The number of sulfone groups is 1. The first kappa shape index (κ1) is 28.8. The third kappa shape index (κ3) is 13.0. The van der Waals surface area contributed by atoms with Crippen LogP contribution < -0.4 is 27.8 Å². The van der Waals surface area contributed by atoms with Gasteiger partial charge in [-0.15, -0.1) is 0 Å². The summed E-state index contributed by atoms with van der Waals surface area (Å²) in [5, 5.41) is 15.0. The maximum atomic E-state index is 11.2. The van der Waals surface area contributed by atoms with Crippen LogP contribution in [-0.4, -0.2) is 72.1 Å². The fourth-order valence-electron chi connectivity index (χ4n) is 2.75. The van der Waals surface area contributed by atoms with Crippen molar-refractivity contribution in [2.45, 2.75) is 36.2 Å². The molecule has 2 saturated heterocycles. The van der Waals surface area contributed by atoms with E-state index in [1.807, 2.05) is 0 Å². The van der Waals surface area contributed by atoms with Gasteiger partial charge in [-0.05, 0) is 44.2 Å². The van der Waals surface area contributed by atoms with Crippen molar-refractivity contribution in [3.63, 3.8) is 0 Å². The van der Waals surface area contributed by atoms with Crippen LogP contribution >= 0.6 is 0 Å². The fourth-order valence-corrected chi connectivity index (χ4v) is 3.38. The number of nitrogens with two attached hydrogens (primary N) is 3. The second kappa shape index (κ2) is 16.5. The Bertz CT molecular complexity index is 729. The van der Waals surface area contributed by atoms with Gasteiger partial charge in [0.25, 0.3) is 0 Å². The summed E-state index contributed by atoms with van der Waals surface area (Å²) >= 11 is 0. The number of piperidine rings is 1. The third-order valence-electron chi connectivity index (χ3n) is 4.25. The third-order valence-corrected chi connectivity index (χ3v) is 5.38. The van der Waals surface area contributed by atoms with E-state index < -0.39 is 9.84 Å².